The summed E-state index contributed by atoms with van der Waals surface area (Å²) in [6.45, 7) is 0. The molecule has 0 amide bonds. The van der Waals surface area contributed by atoms with Crippen LogP contribution in [0.4, 0.5) is 8.96 Å². The van der Waals surface area contributed by atoms with Crippen LogP contribution in [0.3, 0.4) is 0 Å². The molecule has 0 bridgehead atoms. The number of halogens is 2. The summed E-state index contributed by atoms with van der Waals surface area (Å²) in [5, 5.41) is 2.85. The van der Waals surface area contributed by atoms with Gasteiger partial charge in [0.05, 0.1) is 0 Å². The molecule has 0 heterocycles. The van der Waals surface area contributed by atoms with Crippen molar-refractivity contribution in [3.05, 3.63) is 34.7 Å². The van der Waals surface area contributed by atoms with E-state index in [1.807, 2.05) is 0 Å². The normalized spacial score (nSPS) is 9.80. The Bertz CT molecular complexity index is 234. The van der Waals surface area contributed by atoms with E-state index in [4.69, 9.17) is 0 Å². The molecule has 2 aliphatic rings. The molecule has 10 heavy (non-hydrogen) atoms. The molecule has 0 fully saturated rings. The van der Waals surface area contributed by atoms with Gasteiger partial charge in [0.25, 0.3) is 0 Å². The highest BCUT2D eigenvalue weighted by Crippen LogP contribution is 2.04. The summed E-state index contributed by atoms with van der Waals surface area (Å²) >= 11 is 0. The van der Waals surface area contributed by atoms with E-state index in [-0.39, 0.29) is 0 Å². The van der Waals surface area contributed by atoms with Crippen LogP contribution in [0.15, 0.2) is 24.3 Å². The first-order valence-electron chi connectivity index (χ1n) is 2.70. The fourth-order valence-electron chi connectivity index (χ4n) is 0.663. The minimum Gasteiger partial charge on any atom is -0.119 e. The molecule has 0 spiro atoms. The molecule has 0 aromatic rings. The van der Waals surface area contributed by atoms with Crippen molar-refractivity contribution in [2.75, 3.05) is 0 Å². The first-order chi connectivity index (χ1) is 4.88. The number of hydrogen-bond donors (Lipinski definition) is 2. The Kier molecular flexibility index (Phi) is 2.30. The van der Waals surface area contributed by atoms with Crippen molar-refractivity contribution in [1.82, 2.24) is 11.3 Å². The van der Waals surface area contributed by atoms with E-state index < -0.39 is 0 Å². The average molecular weight is 144 g/mol. The minimum atomic E-state index is 0.514. The molecule has 0 aromatic heterocycles. The predicted octanol–water partition coefficient (Wildman–Crippen LogP) is 1.14. The van der Waals surface area contributed by atoms with E-state index in [1.54, 1.807) is 0 Å². The van der Waals surface area contributed by atoms with Crippen molar-refractivity contribution in [1.29, 1.82) is 0 Å². The van der Waals surface area contributed by atoms with Crippen molar-refractivity contribution in [2.45, 2.75) is 0 Å². The first kappa shape index (κ1) is 7.11. The van der Waals surface area contributed by atoms with Gasteiger partial charge in [-0.25, -0.2) is 0 Å². The molecule has 0 aliphatic heterocycles. The van der Waals surface area contributed by atoms with Crippen LogP contribution in [-0.2, 0) is 0 Å². The van der Waals surface area contributed by atoms with Crippen LogP contribution in [0, 0.1) is 10.4 Å². The maximum absolute atomic E-state index is 9.99. The SMILES string of the molecule is FNNF.c1cc2ccc1=2. The van der Waals surface area contributed by atoms with Gasteiger partial charge in [-0.15, -0.1) is 8.96 Å². The van der Waals surface area contributed by atoms with Gasteiger partial charge in [0.2, 0.25) is 0 Å². The third kappa shape index (κ3) is 1.29. The zero-order valence-corrected chi connectivity index (χ0v) is 5.07. The van der Waals surface area contributed by atoms with Crippen LogP contribution in [0.5, 0.6) is 0 Å². The summed E-state index contributed by atoms with van der Waals surface area (Å²) in [5.74, 6) is 0. The number of rotatable bonds is 1. The van der Waals surface area contributed by atoms with Gasteiger partial charge in [-0.3, -0.25) is 0 Å². The number of hydrogen-bond acceptors (Lipinski definition) is 2. The van der Waals surface area contributed by atoms with Gasteiger partial charge in [-0.1, -0.05) is 35.6 Å². The first-order valence-corrected chi connectivity index (χ1v) is 2.70. The Balaban J connectivity index is 0.000000112. The highest BCUT2D eigenvalue weighted by atomic mass is 19.2. The second-order valence-electron chi connectivity index (χ2n) is 1.77. The topological polar surface area (TPSA) is 24.1 Å². The number of nitrogens with one attached hydrogen (secondary N) is 2. The Morgan fingerprint density at radius 1 is 0.800 bits per heavy atom. The summed E-state index contributed by atoms with van der Waals surface area (Å²) < 4.78 is 20.0. The monoisotopic (exact) mass is 144 g/mol. The lowest BCUT2D eigenvalue weighted by Gasteiger charge is -1.95. The molecule has 0 saturated heterocycles. The second kappa shape index (κ2) is 3.24. The van der Waals surface area contributed by atoms with Crippen molar-refractivity contribution >= 4 is 0 Å². The molecule has 54 valence electrons. The zero-order valence-electron chi connectivity index (χ0n) is 5.07. The standard InChI is InChI=1S/C6H4.F2H2N2/c1-2-6-4-3-5(1)6;1-3-4-2/h1-4H;3-4H. The summed E-state index contributed by atoms with van der Waals surface area (Å²) in [5.41, 5.74) is 1.03. The smallest absolute Gasteiger partial charge is 0.0184 e. The molecule has 2 rings (SSSR count). The lowest BCUT2D eigenvalue weighted by atomic mass is 10.1. The maximum atomic E-state index is 9.99. The Morgan fingerprint density at radius 2 is 1.10 bits per heavy atom. The van der Waals surface area contributed by atoms with Crippen LogP contribution in [-0.4, -0.2) is 0 Å². The van der Waals surface area contributed by atoms with Crippen LogP contribution < -0.4 is 11.3 Å². The van der Waals surface area contributed by atoms with E-state index in [0.29, 0.717) is 11.3 Å². The minimum absolute atomic E-state index is 0.514. The number of hydrazine groups is 1. The van der Waals surface area contributed by atoms with E-state index in [0.717, 1.165) is 0 Å². The van der Waals surface area contributed by atoms with Gasteiger partial charge in [0.1, 0.15) is 0 Å². The largest absolute Gasteiger partial charge is 0.119 e. The van der Waals surface area contributed by atoms with Gasteiger partial charge in [-0.2, -0.15) is 0 Å². The molecular weight excluding hydrogens is 138 g/mol. The van der Waals surface area contributed by atoms with Crippen LogP contribution in [0.1, 0.15) is 0 Å². The van der Waals surface area contributed by atoms with Gasteiger partial charge in [0, 0.05) is 0 Å². The average Bonchev–Trinajstić information content (AvgIpc) is 1.97. The van der Waals surface area contributed by atoms with Crippen LogP contribution >= 0.6 is 0 Å². The molecule has 2 aliphatic carbocycles. The lowest BCUT2D eigenvalue weighted by molar-refractivity contribution is 0.140. The number of benzene rings is 1. The summed E-state index contributed by atoms with van der Waals surface area (Å²) in [7, 11) is 0. The molecule has 0 unspecified atom stereocenters. The third-order valence-corrected chi connectivity index (χ3v) is 1.25. The van der Waals surface area contributed by atoms with Gasteiger partial charge < -0.3 is 0 Å². The van der Waals surface area contributed by atoms with Crippen molar-refractivity contribution in [2.24, 2.45) is 0 Å². The Labute approximate surface area is 56.0 Å². The van der Waals surface area contributed by atoms with E-state index >= 15 is 0 Å². The fraction of sp³-hybridized carbons (Fsp3) is 0. The van der Waals surface area contributed by atoms with Gasteiger partial charge >= 0.3 is 0 Å². The summed E-state index contributed by atoms with van der Waals surface area (Å²) in [6.07, 6.45) is 0. The van der Waals surface area contributed by atoms with Gasteiger partial charge in [0.15, 0.2) is 0 Å². The van der Waals surface area contributed by atoms with Crippen LogP contribution in [0.25, 0.3) is 0 Å². The zero-order chi connectivity index (χ0) is 7.40. The van der Waals surface area contributed by atoms with Crippen molar-refractivity contribution in [3.8, 4) is 0 Å². The van der Waals surface area contributed by atoms with Gasteiger partial charge in [-0.05, 0) is 10.4 Å². The highest BCUT2D eigenvalue weighted by Gasteiger charge is 1.88. The molecule has 0 aromatic carbocycles. The Hall–Kier alpha value is -1.00. The van der Waals surface area contributed by atoms with E-state index in [1.165, 1.54) is 10.4 Å². The lowest BCUT2D eigenvalue weighted by Crippen LogP contribution is -2.10. The molecule has 2 nitrogen and oxygen atoms in total. The molecule has 4 heteroatoms. The van der Waals surface area contributed by atoms with E-state index in [9.17, 15) is 8.96 Å². The Morgan fingerprint density at radius 3 is 1.10 bits per heavy atom. The maximum Gasteiger partial charge on any atom is -0.0184 e. The fourth-order valence-corrected chi connectivity index (χ4v) is 0.663. The third-order valence-electron chi connectivity index (χ3n) is 1.25. The van der Waals surface area contributed by atoms with Crippen LogP contribution in [0.2, 0.25) is 0 Å². The molecule has 0 saturated carbocycles. The summed E-state index contributed by atoms with van der Waals surface area (Å²) in [6, 6.07) is 8.48. The molecule has 0 atom stereocenters. The predicted molar refractivity (Wildman–Crippen MR) is 32.6 cm³/mol. The second-order valence-corrected chi connectivity index (χ2v) is 1.77. The quantitative estimate of drug-likeness (QED) is 0.463. The van der Waals surface area contributed by atoms with Crippen molar-refractivity contribution < 1.29 is 8.96 Å². The molecule has 2 N–H and O–H groups in total. The molecule has 0 radical (unpaired) electrons. The van der Waals surface area contributed by atoms with E-state index in [2.05, 4.69) is 24.3 Å². The highest BCUT2D eigenvalue weighted by molar-refractivity contribution is 5.22. The summed E-state index contributed by atoms with van der Waals surface area (Å²) in [4.78, 5) is 0. The van der Waals surface area contributed by atoms with Crippen molar-refractivity contribution in [3.63, 3.8) is 0 Å². The molecular formula is C6H6F2N2.